The van der Waals surface area contributed by atoms with Gasteiger partial charge < -0.3 is 8.46 Å². The van der Waals surface area contributed by atoms with Gasteiger partial charge in [-0.2, -0.15) is 11.8 Å². The van der Waals surface area contributed by atoms with Crippen LogP contribution in [0.15, 0.2) is 0 Å². The number of hydrogen-bond donors (Lipinski definition) is 0. The van der Waals surface area contributed by atoms with E-state index in [1.54, 1.807) is 0 Å². The summed E-state index contributed by atoms with van der Waals surface area (Å²) in [7, 11) is -8.77. The summed E-state index contributed by atoms with van der Waals surface area (Å²) < 4.78 is 6.46. The average molecular weight is 914 g/mol. The minimum absolute atomic E-state index is 0.0410. The van der Waals surface area contributed by atoms with Crippen molar-refractivity contribution in [2.75, 3.05) is 24.6 Å². The van der Waals surface area contributed by atoms with Crippen LogP contribution in [0.2, 0.25) is 82.6 Å². The lowest BCUT2D eigenvalue weighted by molar-refractivity contribution is 0.465. The van der Waals surface area contributed by atoms with Gasteiger partial charge in [-0.25, -0.2) is 0 Å². The molecule has 2 unspecified atom stereocenters. The third-order valence-corrected chi connectivity index (χ3v) is 51.2. The molecule has 2 atom stereocenters. The Morgan fingerprint density at radius 1 is 0.412 bits per heavy atom. The van der Waals surface area contributed by atoms with Crippen molar-refractivity contribution >= 4 is 104 Å². The molecule has 0 bridgehead atoms. The molecular weight excluding hydrogens is 827 g/mol. The van der Waals surface area contributed by atoms with Crippen molar-refractivity contribution in [3.63, 3.8) is 0 Å². The highest BCUT2D eigenvalue weighted by Gasteiger charge is 2.47. The van der Waals surface area contributed by atoms with E-state index in [0.717, 1.165) is 37.2 Å². The minimum atomic E-state index is -1.46. The third-order valence-electron chi connectivity index (χ3n) is 14.9. The molecule has 0 aliphatic rings. The third kappa shape index (κ3) is 13.9. The monoisotopic (exact) mass is 910 g/mol. The van der Waals surface area contributed by atoms with Crippen LogP contribution in [0.5, 0.6) is 0 Å². The number of halogens is 4. The van der Waals surface area contributed by atoms with E-state index in [2.05, 4.69) is 117 Å². The molecule has 0 heterocycles. The lowest BCUT2D eigenvalue weighted by Crippen LogP contribution is -2.66. The van der Waals surface area contributed by atoms with Gasteiger partial charge in [0.1, 0.15) is 32.9 Å². The predicted molar refractivity (Wildman–Crippen MR) is 259 cm³/mol. The summed E-state index contributed by atoms with van der Waals surface area (Å²) in [5.41, 5.74) is 0. The summed E-state index contributed by atoms with van der Waals surface area (Å²) in [6.07, 6.45) is 6.97. The molecule has 0 saturated heterocycles. The van der Waals surface area contributed by atoms with Gasteiger partial charge in [-0.3, -0.25) is 0 Å². The zero-order valence-electron chi connectivity index (χ0n) is 36.4. The summed E-state index contributed by atoms with van der Waals surface area (Å²) in [5, 5.41) is 0.0819. The Balaban J connectivity index is 5.62. The Morgan fingerprint density at radius 2 is 0.627 bits per heavy atom. The van der Waals surface area contributed by atoms with E-state index in [1.165, 1.54) is 98.5 Å². The summed E-state index contributed by atoms with van der Waals surface area (Å²) in [4.78, 5) is 0. The molecule has 0 amide bonds. The molecule has 0 aromatic rings. The molecule has 13 heteroatoms. The SMILES string of the molecule is CC[Si](CC)(CC)N(CCCC(C)(CCSCCC(C)(CCCN([Si](CC)(CC)CC)[Si](CC)(CC)CC)[Si](Cl)Cl)[Si](Cl)Cl)[Si](CC)(CC)CC. The Bertz CT molecular complexity index is 767. The smallest absolute Gasteiger partial charge is 0.279 e. The number of rotatable bonds is 32. The fourth-order valence-corrected chi connectivity index (χ4v) is 42.1. The van der Waals surface area contributed by atoms with Gasteiger partial charge in [-0.1, -0.05) is 96.9 Å². The molecule has 2 nitrogen and oxygen atoms in total. The summed E-state index contributed by atoms with van der Waals surface area (Å²) in [6.45, 7) is 37.1. The lowest BCUT2D eigenvalue weighted by atomic mass is 10.0. The van der Waals surface area contributed by atoms with Gasteiger partial charge in [0.15, 0.2) is 0 Å². The van der Waals surface area contributed by atoms with Crippen LogP contribution in [0.1, 0.15) is 135 Å². The minimum Gasteiger partial charge on any atom is -0.345 e. The number of nitrogens with zero attached hydrogens (tertiary/aromatic N) is 2. The molecule has 0 aliphatic carbocycles. The lowest BCUT2D eigenvalue weighted by Gasteiger charge is -2.52. The standard InChI is InChI=1S/C38H86Cl4N2SSi6/c1-15-48(16-2,17-3)43(49(18-4,19-5)20-6)33-27-29-37(13,46(39)40)31-35-45-36-32-38(14,47(41)42)30-28-34-44(50(21-7,22-8)23-9)51(24-10,25-11)26-12/h15-36H2,1-14H3. The van der Waals surface area contributed by atoms with Crippen molar-refractivity contribution < 1.29 is 0 Å². The second-order valence-electron chi connectivity index (χ2n) is 16.4. The summed E-state index contributed by atoms with van der Waals surface area (Å²) in [5.74, 6) is 2.24. The molecule has 0 spiro atoms. The van der Waals surface area contributed by atoms with Crippen LogP contribution in [-0.2, 0) is 0 Å². The molecule has 0 aliphatic heterocycles. The molecule has 0 rings (SSSR count). The molecule has 0 saturated carbocycles. The van der Waals surface area contributed by atoms with Gasteiger partial charge in [-0.15, -0.1) is 44.3 Å². The molecular formula is C38H86Cl4N2SSi6. The van der Waals surface area contributed by atoms with Gasteiger partial charge in [0.05, 0.1) is 0 Å². The van der Waals surface area contributed by atoms with E-state index in [-0.39, 0.29) is 10.1 Å². The van der Waals surface area contributed by atoms with Crippen LogP contribution in [0.3, 0.4) is 0 Å². The summed E-state index contributed by atoms with van der Waals surface area (Å²) in [6, 6.07) is 16.6. The molecule has 51 heavy (non-hydrogen) atoms. The van der Waals surface area contributed by atoms with Gasteiger partial charge in [0, 0.05) is 0 Å². The van der Waals surface area contributed by atoms with E-state index >= 15 is 0 Å². The first-order chi connectivity index (χ1) is 24.0. The number of hydrogen-bond acceptors (Lipinski definition) is 3. The second-order valence-corrected chi connectivity index (χ2v) is 48.1. The molecule has 0 aromatic carbocycles. The van der Waals surface area contributed by atoms with E-state index < -0.39 is 47.8 Å². The molecule has 0 fully saturated rings. The van der Waals surface area contributed by atoms with Crippen molar-refractivity contribution in [3.05, 3.63) is 0 Å². The van der Waals surface area contributed by atoms with Gasteiger partial charge in [-0.05, 0) is 146 Å². The van der Waals surface area contributed by atoms with Crippen LogP contribution in [0.25, 0.3) is 0 Å². The van der Waals surface area contributed by atoms with Crippen LogP contribution >= 0.6 is 56.1 Å². The topological polar surface area (TPSA) is 6.48 Å². The summed E-state index contributed by atoms with van der Waals surface area (Å²) >= 11 is 29.7. The fraction of sp³-hybridized carbons (Fsp3) is 1.00. The van der Waals surface area contributed by atoms with Gasteiger partial charge >= 0.3 is 0 Å². The first-order valence-electron chi connectivity index (χ1n) is 21.5. The first-order valence-corrected chi connectivity index (χ1v) is 40.0. The first kappa shape index (κ1) is 53.7. The molecule has 0 aromatic heterocycles. The van der Waals surface area contributed by atoms with Crippen LogP contribution in [0, 0.1) is 0 Å². The molecule has 306 valence electrons. The van der Waals surface area contributed by atoms with Crippen molar-refractivity contribution in [2.45, 2.75) is 218 Å². The van der Waals surface area contributed by atoms with Crippen molar-refractivity contribution in [3.8, 4) is 0 Å². The van der Waals surface area contributed by atoms with Gasteiger partial charge in [0.2, 0.25) is 0 Å². The van der Waals surface area contributed by atoms with Crippen LogP contribution in [-0.4, -0.2) is 80.8 Å². The highest BCUT2D eigenvalue weighted by Crippen LogP contribution is 2.47. The predicted octanol–water partition coefficient (Wildman–Crippen LogP) is 16.1. The van der Waals surface area contributed by atoms with E-state index in [0.29, 0.717) is 0 Å². The largest absolute Gasteiger partial charge is 0.345 e. The fourth-order valence-electron chi connectivity index (χ4n) is 9.82. The number of thioether (sulfide) groups is 1. The zero-order valence-corrected chi connectivity index (χ0v) is 46.2. The van der Waals surface area contributed by atoms with Crippen LogP contribution in [0.4, 0.5) is 0 Å². The van der Waals surface area contributed by atoms with Gasteiger partial charge in [0.25, 0.3) is 14.8 Å². The Kier molecular flexibility index (Phi) is 27.3. The maximum absolute atomic E-state index is 6.91. The molecule has 2 radical (unpaired) electrons. The van der Waals surface area contributed by atoms with Crippen molar-refractivity contribution in [2.24, 2.45) is 0 Å². The second kappa shape index (κ2) is 26.0. The van der Waals surface area contributed by atoms with Crippen molar-refractivity contribution in [1.29, 1.82) is 0 Å². The Hall–Kier alpha value is 2.73. The van der Waals surface area contributed by atoms with Crippen molar-refractivity contribution in [1.82, 2.24) is 8.46 Å². The maximum atomic E-state index is 6.91. The maximum Gasteiger partial charge on any atom is 0.279 e. The quantitative estimate of drug-likeness (QED) is 0.0377. The van der Waals surface area contributed by atoms with E-state index in [4.69, 9.17) is 44.3 Å². The Morgan fingerprint density at radius 3 is 0.804 bits per heavy atom. The average Bonchev–Trinajstić information content (AvgIpc) is 3.14. The zero-order chi connectivity index (χ0) is 39.6. The van der Waals surface area contributed by atoms with E-state index in [9.17, 15) is 0 Å². The Labute approximate surface area is 352 Å². The highest BCUT2D eigenvalue weighted by molar-refractivity contribution is 7.99. The normalized spacial score (nSPS) is 16.1. The van der Waals surface area contributed by atoms with E-state index in [1.807, 2.05) is 0 Å². The molecule has 0 N–H and O–H groups in total. The van der Waals surface area contributed by atoms with Crippen LogP contribution < -0.4 is 0 Å². The highest BCUT2D eigenvalue weighted by atomic mass is 35.7.